The van der Waals surface area contributed by atoms with Crippen LogP contribution in [0.2, 0.25) is 0 Å². The first-order valence-electron chi connectivity index (χ1n) is 18.0. The molecule has 270 valence electrons. The topological polar surface area (TPSA) is 142 Å². The van der Waals surface area contributed by atoms with Crippen molar-refractivity contribution in [3.8, 4) is 5.88 Å². The van der Waals surface area contributed by atoms with Crippen LogP contribution in [0.15, 0.2) is 49.1 Å². The number of likely N-dealkylation sites (N-methyl/N-ethyl adjacent to an activating group) is 1. The van der Waals surface area contributed by atoms with Gasteiger partial charge in [0.05, 0.1) is 27.5 Å². The first-order valence-corrected chi connectivity index (χ1v) is 19.5. The van der Waals surface area contributed by atoms with Gasteiger partial charge in [-0.1, -0.05) is 24.3 Å². The fourth-order valence-corrected chi connectivity index (χ4v) is 8.43. The number of anilines is 1. The summed E-state index contributed by atoms with van der Waals surface area (Å²) in [6.45, 7) is 7.77. The number of nitrogens with one attached hydrogen (secondary N) is 1. The number of ketones is 1. The Labute approximate surface area is 295 Å². The lowest BCUT2D eigenvalue weighted by molar-refractivity contribution is -0.138. The zero-order valence-electron chi connectivity index (χ0n) is 29.3. The van der Waals surface area contributed by atoms with Gasteiger partial charge in [0.25, 0.3) is 0 Å². The number of piperazine rings is 1. The van der Waals surface area contributed by atoms with Crippen LogP contribution < -0.4 is 14.4 Å². The number of fused-ring (bicyclic) bond motifs is 1. The molecule has 0 radical (unpaired) electrons. The van der Waals surface area contributed by atoms with Gasteiger partial charge in [-0.15, -0.1) is 6.58 Å². The number of nitrogens with zero attached hydrogens (tertiary/aromatic N) is 5. The lowest BCUT2D eigenvalue weighted by atomic mass is 9.90. The van der Waals surface area contributed by atoms with Gasteiger partial charge < -0.3 is 19.4 Å². The number of hydrogen-bond donors (Lipinski definition) is 1. The predicted molar refractivity (Wildman–Crippen MR) is 192 cm³/mol. The number of carbonyl (C=O) groups is 3. The Kier molecular flexibility index (Phi) is 10.9. The number of carbonyl (C=O) groups excluding carboxylic acids is 3. The van der Waals surface area contributed by atoms with E-state index in [1.54, 1.807) is 18.0 Å². The summed E-state index contributed by atoms with van der Waals surface area (Å²) in [6, 6.07) is 7.72. The molecule has 2 amide bonds. The van der Waals surface area contributed by atoms with E-state index in [2.05, 4.69) is 28.1 Å². The molecule has 2 aromatic rings. The van der Waals surface area contributed by atoms with Gasteiger partial charge in [0.1, 0.15) is 6.10 Å². The van der Waals surface area contributed by atoms with E-state index in [-0.39, 0.29) is 18.1 Å². The molecule has 4 fully saturated rings. The van der Waals surface area contributed by atoms with Gasteiger partial charge in [0, 0.05) is 45.7 Å². The summed E-state index contributed by atoms with van der Waals surface area (Å²) in [5.74, 6) is -0.898. The number of hydrogen-bond acceptors (Lipinski definition) is 10. The standard InChI is InChI=1S/C37H50N6O6S/c1-4-5-6-9-19-42(3)34(45)30-25-26(49-33-28-11-7-8-12-31(28)38-36(39-33)43-22-20-41(2)21-23-43)24-29(30)32(44)13-10-16-37(17-18-37)35(46)40-50(47,48)27-14-15-27/h4,7-8,10-13,26-27,29-30H,1,5-6,9,14-25H2,2-3H3,(H,40,46)/t26-,29-,30-/m1/s1. The van der Waals surface area contributed by atoms with Crippen molar-refractivity contribution in [3.05, 3.63) is 49.1 Å². The molecule has 0 unspecified atom stereocenters. The molecule has 1 N–H and O–H groups in total. The van der Waals surface area contributed by atoms with Crippen LogP contribution in [0.3, 0.4) is 0 Å². The molecule has 50 heavy (non-hydrogen) atoms. The number of allylic oxidation sites excluding steroid dienone is 3. The second-order valence-electron chi connectivity index (χ2n) is 14.6. The largest absolute Gasteiger partial charge is 0.474 e. The number of para-hydroxylation sites is 1. The fourth-order valence-electron chi connectivity index (χ4n) is 7.04. The maximum absolute atomic E-state index is 13.9. The molecule has 4 aliphatic rings. The van der Waals surface area contributed by atoms with Gasteiger partial charge in [-0.05, 0) is 89.5 Å². The third-order valence-electron chi connectivity index (χ3n) is 10.7. The van der Waals surface area contributed by atoms with E-state index in [1.807, 2.05) is 30.3 Å². The summed E-state index contributed by atoms with van der Waals surface area (Å²) in [7, 11) is 0.241. The van der Waals surface area contributed by atoms with Crippen LogP contribution in [0.25, 0.3) is 10.9 Å². The molecule has 3 aliphatic carbocycles. The molecule has 3 atom stereocenters. The minimum atomic E-state index is -3.64. The molecular formula is C37H50N6O6S. The highest BCUT2D eigenvalue weighted by Gasteiger charge is 2.51. The summed E-state index contributed by atoms with van der Waals surface area (Å²) in [6.07, 6.45) is 10.5. The number of aromatic nitrogens is 2. The Morgan fingerprint density at radius 2 is 1.78 bits per heavy atom. The van der Waals surface area contributed by atoms with E-state index < -0.39 is 44.5 Å². The molecule has 0 spiro atoms. The molecule has 12 nitrogen and oxygen atoms in total. The smallest absolute Gasteiger partial charge is 0.239 e. The van der Waals surface area contributed by atoms with Crippen molar-refractivity contribution >= 4 is 44.5 Å². The highest BCUT2D eigenvalue weighted by molar-refractivity contribution is 7.90. The Morgan fingerprint density at radius 1 is 1.06 bits per heavy atom. The quantitative estimate of drug-likeness (QED) is 0.155. The molecule has 1 aliphatic heterocycles. The molecular weight excluding hydrogens is 657 g/mol. The lowest BCUT2D eigenvalue weighted by Gasteiger charge is -2.32. The third-order valence-corrected chi connectivity index (χ3v) is 12.5. The van der Waals surface area contributed by atoms with Crippen LogP contribution in [0.1, 0.15) is 64.2 Å². The van der Waals surface area contributed by atoms with E-state index in [0.717, 1.165) is 56.3 Å². The zero-order chi connectivity index (χ0) is 35.5. The summed E-state index contributed by atoms with van der Waals surface area (Å²) < 4.78 is 33.6. The van der Waals surface area contributed by atoms with Gasteiger partial charge in [-0.25, -0.2) is 13.4 Å². The highest BCUT2D eigenvalue weighted by atomic mass is 32.2. The number of ether oxygens (including phenoxy) is 1. The zero-order valence-corrected chi connectivity index (χ0v) is 30.1. The Hall–Kier alpha value is -3.84. The van der Waals surface area contributed by atoms with E-state index in [1.165, 1.54) is 6.08 Å². The highest BCUT2D eigenvalue weighted by Crippen LogP contribution is 2.50. The summed E-state index contributed by atoms with van der Waals surface area (Å²) >= 11 is 0. The second-order valence-corrected chi connectivity index (χ2v) is 16.5. The van der Waals surface area contributed by atoms with Crippen LogP contribution in [0.5, 0.6) is 5.88 Å². The van der Waals surface area contributed by atoms with Crippen molar-refractivity contribution in [1.29, 1.82) is 0 Å². The molecule has 13 heteroatoms. The van der Waals surface area contributed by atoms with Crippen LogP contribution >= 0.6 is 0 Å². The minimum absolute atomic E-state index is 0.0875. The van der Waals surface area contributed by atoms with E-state index >= 15 is 0 Å². The molecule has 1 saturated heterocycles. The Bertz CT molecular complexity index is 1730. The van der Waals surface area contributed by atoms with Crippen molar-refractivity contribution in [2.24, 2.45) is 17.3 Å². The average molecular weight is 707 g/mol. The Balaban J connectivity index is 1.18. The first kappa shape index (κ1) is 36.0. The van der Waals surface area contributed by atoms with Crippen molar-refractivity contribution in [2.75, 3.05) is 51.7 Å². The number of rotatable bonds is 16. The molecule has 0 bridgehead atoms. The molecule has 3 saturated carbocycles. The number of sulfonamides is 1. The average Bonchev–Trinajstić information content (AvgIpc) is 4.04. The number of amides is 2. The molecule has 1 aromatic carbocycles. The van der Waals surface area contributed by atoms with Crippen molar-refractivity contribution in [3.63, 3.8) is 0 Å². The lowest BCUT2D eigenvalue weighted by Crippen LogP contribution is -2.45. The molecule has 1 aromatic heterocycles. The fraction of sp³-hybridized carbons (Fsp3) is 0.595. The van der Waals surface area contributed by atoms with Crippen LogP contribution in [0, 0.1) is 17.3 Å². The summed E-state index contributed by atoms with van der Waals surface area (Å²) in [5, 5.41) is 0.296. The van der Waals surface area contributed by atoms with Gasteiger partial charge in [-0.2, -0.15) is 4.98 Å². The van der Waals surface area contributed by atoms with Crippen LogP contribution in [-0.2, 0) is 24.4 Å². The van der Waals surface area contributed by atoms with E-state index in [4.69, 9.17) is 14.7 Å². The normalized spacial score (nSPS) is 23.6. The molecule has 2 heterocycles. The molecule has 6 rings (SSSR count). The van der Waals surface area contributed by atoms with Gasteiger partial charge in [0.15, 0.2) is 5.78 Å². The van der Waals surface area contributed by atoms with Gasteiger partial charge in [-0.3, -0.25) is 19.1 Å². The number of unbranched alkanes of at least 4 members (excludes halogenated alkanes) is 2. The van der Waals surface area contributed by atoms with Crippen molar-refractivity contribution in [2.45, 2.75) is 75.6 Å². The monoisotopic (exact) mass is 706 g/mol. The van der Waals surface area contributed by atoms with Crippen molar-refractivity contribution < 1.29 is 27.5 Å². The van der Waals surface area contributed by atoms with Gasteiger partial charge >= 0.3 is 0 Å². The van der Waals surface area contributed by atoms with Crippen LogP contribution in [-0.4, -0.2) is 104 Å². The maximum Gasteiger partial charge on any atom is 0.239 e. The Morgan fingerprint density at radius 3 is 2.48 bits per heavy atom. The maximum atomic E-state index is 13.9. The third kappa shape index (κ3) is 8.37. The predicted octanol–water partition coefficient (Wildman–Crippen LogP) is 3.87. The summed E-state index contributed by atoms with van der Waals surface area (Å²) in [5.41, 5.74) is -0.0360. The SMILES string of the molecule is C=CCCCCN(C)C(=O)[C@@H]1C[C@H](Oc2nc(N3CCN(C)CC3)nc3ccccc23)C[C@H]1C(=O)C=CCC1(C(=O)NS(=O)(=O)C2CC2)CC1. The first-order chi connectivity index (χ1) is 24.0. The second kappa shape index (κ2) is 15.2. The van der Waals surface area contributed by atoms with Crippen molar-refractivity contribution in [1.82, 2.24) is 24.5 Å². The van der Waals surface area contributed by atoms with Crippen LogP contribution in [0.4, 0.5) is 5.95 Å². The summed E-state index contributed by atoms with van der Waals surface area (Å²) in [4.78, 5) is 56.5. The minimum Gasteiger partial charge on any atom is -0.474 e. The van der Waals surface area contributed by atoms with Gasteiger partial charge in [0.2, 0.25) is 33.7 Å². The van der Waals surface area contributed by atoms with E-state index in [9.17, 15) is 22.8 Å². The van der Waals surface area contributed by atoms with E-state index in [0.29, 0.717) is 56.9 Å². The number of benzene rings is 1.